The van der Waals surface area contributed by atoms with E-state index in [1.54, 1.807) is 11.3 Å². The summed E-state index contributed by atoms with van der Waals surface area (Å²) in [7, 11) is 2.25. The average molecular weight is 443 g/mol. The number of amides is 1. The highest BCUT2D eigenvalue weighted by Gasteiger charge is 2.27. The molecule has 1 saturated carbocycles. The van der Waals surface area contributed by atoms with Gasteiger partial charge in [-0.15, -0.1) is 0 Å². The minimum absolute atomic E-state index is 0.0691. The molecule has 1 aromatic heterocycles. The molecule has 1 aliphatic heterocycles. The van der Waals surface area contributed by atoms with Gasteiger partial charge in [0.25, 0.3) is 0 Å². The van der Waals surface area contributed by atoms with E-state index >= 15 is 0 Å². The molecule has 2 aliphatic rings. The summed E-state index contributed by atoms with van der Waals surface area (Å²) in [5, 5.41) is 4.28. The first kappa shape index (κ1) is 22.5. The number of nitrogens with zero attached hydrogens (tertiary/aromatic N) is 3. The van der Waals surface area contributed by atoms with Crippen LogP contribution in [0.25, 0.3) is 10.2 Å². The molecule has 1 unspecified atom stereocenters. The fourth-order valence-corrected chi connectivity index (χ4v) is 6.42. The molecule has 1 N–H and O–H groups in total. The quantitative estimate of drug-likeness (QED) is 0.620. The summed E-state index contributed by atoms with van der Waals surface area (Å²) in [6.45, 7) is 7.91. The molecule has 1 atom stereocenters. The third-order valence-corrected chi connectivity index (χ3v) is 8.13. The number of thiazole rings is 1. The summed E-state index contributed by atoms with van der Waals surface area (Å²) in [6, 6.07) is 5.17. The van der Waals surface area contributed by atoms with Crippen molar-refractivity contribution in [2.75, 3.05) is 38.1 Å². The van der Waals surface area contributed by atoms with Crippen molar-refractivity contribution in [3.8, 4) is 0 Å². The Labute approximate surface area is 191 Å². The van der Waals surface area contributed by atoms with Crippen LogP contribution in [0.1, 0.15) is 62.5 Å². The van der Waals surface area contributed by atoms with Gasteiger partial charge in [-0.2, -0.15) is 0 Å². The van der Waals surface area contributed by atoms with E-state index < -0.39 is 0 Å². The standard InChI is InChI=1S/C25H38N4OS/c1-18-15-19(2)23-22(16-18)31-25(27-23)29-14-7-9-20(17-29)24(30)26-12-8-13-28(3)21-10-5-4-6-11-21/h15-16,20-21H,4-14,17H2,1-3H3,(H,26,30). The molecular formula is C25H38N4OS. The van der Waals surface area contributed by atoms with Crippen molar-refractivity contribution in [2.24, 2.45) is 5.92 Å². The largest absolute Gasteiger partial charge is 0.356 e. The van der Waals surface area contributed by atoms with E-state index in [-0.39, 0.29) is 11.8 Å². The van der Waals surface area contributed by atoms with Gasteiger partial charge in [0.1, 0.15) is 0 Å². The summed E-state index contributed by atoms with van der Waals surface area (Å²) >= 11 is 1.76. The molecule has 0 radical (unpaired) electrons. The van der Waals surface area contributed by atoms with Gasteiger partial charge in [0.05, 0.1) is 16.1 Å². The van der Waals surface area contributed by atoms with Gasteiger partial charge in [0.2, 0.25) is 5.91 Å². The maximum atomic E-state index is 12.8. The van der Waals surface area contributed by atoms with Crippen LogP contribution in [0.3, 0.4) is 0 Å². The Kier molecular flexibility index (Phi) is 7.49. The number of aromatic nitrogens is 1. The molecule has 1 amide bonds. The lowest BCUT2D eigenvalue weighted by atomic mass is 9.94. The molecule has 6 heteroatoms. The number of carbonyl (C=O) groups excluding carboxylic acids is 1. The zero-order chi connectivity index (χ0) is 21.8. The van der Waals surface area contributed by atoms with E-state index in [1.165, 1.54) is 47.9 Å². The summed E-state index contributed by atoms with van der Waals surface area (Å²) < 4.78 is 1.25. The first-order chi connectivity index (χ1) is 15.0. The van der Waals surface area contributed by atoms with E-state index in [2.05, 4.69) is 48.1 Å². The second kappa shape index (κ2) is 10.3. The Morgan fingerprint density at radius 2 is 2.00 bits per heavy atom. The van der Waals surface area contributed by atoms with Gasteiger partial charge in [0.15, 0.2) is 5.13 Å². The van der Waals surface area contributed by atoms with Crippen LogP contribution in [0.15, 0.2) is 12.1 Å². The van der Waals surface area contributed by atoms with Gasteiger partial charge in [-0.05, 0) is 76.7 Å². The molecule has 2 aromatic rings. The Hall–Kier alpha value is -1.66. The number of fused-ring (bicyclic) bond motifs is 1. The van der Waals surface area contributed by atoms with Crippen molar-refractivity contribution in [3.05, 3.63) is 23.3 Å². The molecule has 0 spiro atoms. The van der Waals surface area contributed by atoms with Gasteiger partial charge in [-0.1, -0.05) is 36.7 Å². The van der Waals surface area contributed by atoms with E-state index in [9.17, 15) is 4.79 Å². The SMILES string of the molecule is Cc1cc(C)c2nc(N3CCCC(C(=O)NCCCN(C)C4CCCCC4)C3)sc2c1. The number of rotatable bonds is 7. The monoisotopic (exact) mass is 442 g/mol. The number of piperidine rings is 1. The van der Waals surface area contributed by atoms with Crippen LogP contribution < -0.4 is 10.2 Å². The molecular weight excluding hydrogens is 404 g/mol. The number of nitrogens with one attached hydrogen (secondary N) is 1. The third-order valence-electron chi connectivity index (χ3n) is 7.07. The van der Waals surface area contributed by atoms with Crippen LogP contribution >= 0.6 is 11.3 Å². The minimum atomic E-state index is 0.0691. The molecule has 5 nitrogen and oxygen atoms in total. The van der Waals surface area contributed by atoms with Gasteiger partial charge >= 0.3 is 0 Å². The maximum Gasteiger partial charge on any atom is 0.224 e. The van der Waals surface area contributed by atoms with Gasteiger partial charge < -0.3 is 15.1 Å². The second-order valence-corrected chi connectivity index (χ2v) is 10.6. The molecule has 1 saturated heterocycles. The Bertz CT molecular complexity index is 889. The molecule has 4 rings (SSSR count). The first-order valence-corrected chi connectivity index (χ1v) is 12.9. The Morgan fingerprint density at radius 1 is 1.19 bits per heavy atom. The van der Waals surface area contributed by atoms with Crippen molar-refractivity contribution in [2.45, 2.75) is 71.3 Å². The first-order valence-electron chi connectivity index (χ1n) is 12.1. The van der Waals surface area contributed by atoms with Gasteiger partial charge in [0, 0.05) is 25.7 Å². The van der Waals surface area contributed by atoms with Crippen molar-refractivity contribution < 1.29 is 4.79 Å². The lowest BCUT2D eigenvalue weighted by molar-refractivity contribution is -0.125. The van der Waals surface area contributed by atoms with Crippen molar-refractivity contribution >= 4 is 32.6 Å². The topological polar surface area (TPSA) is 48.5 Å². The Morgan fingerprint density at radius 3 is 2.81 bits per heavy atom. The minimum Gasteiger partial charge on any atom is -0.356 e. The number of carbonyl (C=O) groups is 1. The summed E-state index contributed by atoms with van der Waals surface area (Å²) in [4.78, 5) is 22.6. The van der Waals surface area contributed by atoms with Crippen LogP contribution in [0, 0.1) is 19.8 Å². The van der Waals surface area contributed by atoms with Gasteiger partial charge in [-0.25, -0.2) is 4.98 Å². The molecule has 0 bridgehead atoms. The number of aryl methyl sites for hydroxylation is 2. The molecule has 31 heavy (non-hydrogen) atoms. The van der Waals surface area contributed by atoms with Crippen molar-refractivity contribution in [1.82, 2.24) is 15.2 Å². The zero-order valence-electron chi connectivity index (χ0n) is 19.5. The van der Waals surface area contributed by atoms with Crippen molar-refractivity contribution in [3.63, 3.8) is 0 Å². The predicted molar refractivity (Wildman–Crippen MR) is 131 cm³/mol. The van der Waals surface area contributed by atoms with Crippen LogP contribution in [-0.4, -0.2) is 55.1 Å². The normalized spacial score (nSPS) is 20.5. The highest BCUT2D eigenvalue weighted by atomic mass is 32.1. The summed E-state index contributed by atoms with van der Waals surface area (Å²) in [6.07, 6.45) is 9.89. The summed E-state index contributed by atoms with van der Waals surface area (Å²) in [5.41, 5.74) is 3.63. The summed E-state index contributed by atoms with van der Waals surface area (Å²) in [5.74, 6) is 0.290. The molecule has 1 aliphatic carbocycles. The van der Waals surface area contributed by atoms with Crippen LogP contribution in [-0.2, 0) is 4.79 Å². The van der Waals surface area contributed by atoms with Gasteiger partial charge in [-0.3, -0.25) is 4.79 Å². The number of hydrogen-bond donors (Lipinski definition) is 1. The van der Waals surface area contributed by atoms with E-state index in [0.29, 0.717) is 0 Å². The fraction of sp³-hybridized carbons (Fsp3) is 0.680. The molecule has 1 aromatic carbocycles. The molecule has 170 valence electrons. The lowest BCUT2D eigenvalue weighted by Gasteiger charge is -2.32. The van der Waals surface area contributed by atoms with E-state index in [4.69, 9.17) is 4.98 Å². The van der Waals surface area contributed by atoms with Crippen LogP contribution in [0.2, 0.25) is 0 Å². The molecule has 2 fully saturated rings. The highest BCUT2D eigenvalue weighted by Crippen LogP contribution is 2.33. The lowest BCUT2D eigenvalue weighted by Crippen LogP contribution is -2.43. The maximum absolute atomic E-state index is 12.8. The van der Waals surface area contributed by atoms with Crippen LogP contribution in [0.4, 0.5) is 5.13 Å². The molecule has 2 heterocycles. The Balaban J connectivity index is 1.26. The average Bonchev–Trinajstić information content (AvgIpc) is 3.21. The highest BCUT2D eigenvalue weighted by molar-refractivity contribution is 7.22. The smallest absolute Gasteiger partial charge is 0.224 e. The zero-order valence-corrected chi connectivity index (χ0v) is 20.3. The third kappa shape index (κ3) is 5.58. The second-order valence-electron chi connectivity index (χ2n) is 9.63. The van der Waals surface area contributed by atoms with E-state index in [0.717, 1.165) is 62.1 Å². The number of hydrogen-bond acceptors (Lipinski definition) is 5. The van der Waals surface area contributed by atoms with Crippen molar-refractivity contribution in [1.29, 1.82) is 0 Å². The predicted octanol–water partition coefficient (Wildman–Crippen LogP) is 4.90. The number of anilines is 1. The van der Waals surface area contributed by atoms with Crippen LogP contribution in [0.5, 0.6) is 0 Å². The van der Waals surface area contributed by atoms with E-state index in [1.807, 2.05) is 0 Å². The fourth-order valence-electron chi connectivity index (χ4n) is 5.25. The number of benzene rings is 1.